The third kappa shape index (κ3) is 2.85. The highest BCUT2D eigenvalue weighted by molar-refractivity contribution is 6.32. The van der Waals surface area contributed by atoms with Crippen LogP contribution in [0.1, 0.15) is 40.4 Å². The number of nitrogens with zero attached hydrogens (tertiary/aromatic N) is 1. The summed E-state index contributed by atoms with van der Waals surface area (Å²) in [5.74, 6) is -0.776. The molecular weight excluding hydrogens is 290 g/mol. The van der Waals surface area contributed by atoms with Gasteiger partial charge in [0.2, 0.25) is 5.88 Å². The van der Waals surface area contributed by atoms with Crippen LogP contribution in [-0.2, 0) is 6.42 Å². The number of ether oxygens (including phenoxy) is 1. The van der Waals surface area contributed by atoms with Gasteiger partial charge in [-0.1, -0.05) is 35.9 Å². The SMILES string of the molecule is O=C(O)c1cnc(OC2CCCc3ccccc32)c(Cl)c1. The number of aromatic carboxylic acids is 1. The number of benzene rings is 1. The molecule has 3 rings (SSSR count). The van der Waals surface area contributed by atoms with Gasteiger partial charge >= 0.3 is 5.97 Å². The Kier molecular flexibility index (Phi) is 3.80. The van der Waals surface area contributed by atoms with Crippen LogP contribution in [0, 0.1) is 0 Å². The smallest absolute Gasteiger partial charge is 0.337 e. The predicted molar refractivity (Wildman–Crippen MR) is 79.0 cm³/mol. The average Bonchev–Trinajstić information content (AvgIpc) is 2.49. The Balaban J connectivity index is 1.86. The minimum Gasteiger partial charge on any atom is -0.478 e. The molecule has 21 heavy (non-hydrogen) atoms. The van der Waals surface area contributed by atoms with E-state index in [0.29, 0.717) is 0 Å². The maximum Gasteiger partial charge on any atom is 0.337 e. The molecule has 0 radical (unpaired) electrons. The molecule has 108 valence electrons. The first-order chi connectivity index (χ1) is 10.1. The number of pyridine rings is 1. The second-order valence-corrected chi connectivity index (χ2v) is 5.42. The van der Waals surface area contributed by atoms with Gasteiger partial charge in [0.05, 0.1) is 5.56 Å². The van der Waals surface area contributed by atoms with E-state index in [0.717, 1.165) is 24.8 Å². The van der Waals surface area contributed by atoms with Crippen molar-refractivity contribution < 1.29 is 14.6 Å². The van der Waals surface area contributed by atoms with Crippen molar-refractivity contribution in [3.05, 3.63) is 58.2 Å². The van der Waals surface area contributed by atoms with Gasteiger partial charge < -0.3 is 9.84 Å². The molecule has 0 spiro atoms. The van der Waals surface area contributed by atoms with Crippen LogP contribution in [0.2, 0.25) is 5.02 Å². The van der Waals surface area contributed by atoms with Gasteiger partial charge in [0, 0.05) is 6.20 Å². The number of halogens is 1. The van der Waals surface area contributed by atoms with Crippen molar-refractivity contribution in [2.24, 2.45) is 0 Å². The van der Waals surface area contributed by atoms with Gasteiger partial charge in [-0.05, 0) is 36.5 Å². The van der Waals surface area contributed by atoms with Gasteiger partial charge in [-0.2, -0.15) is 0 Å². The van der Waals surface area contributed by atoms with Crippen molar-refractivity contribution in [1.29, 1.82) is 0 Å². The number of aryl methyl sites for hydroxylation is 1. The van der Waals surface area contributed by atoms with Crippen molar-refractivity contribution in [3.8, 4) is 5.88 Å². The molecule has 5 heteroatoms. The minimum absolute atomic E-state index is 0.0522. The monoisotopic (exact) mass is 303 g/mol. The van der Waals surface area contributed by atoms with Crippen molar-refractivity contribution in [2.45, 2.75) is 25.4 Å². The van der Waals surface area contributed by atoms with Crippen LogP contribution < -0.4 is 4.74 Å². The van der Waals surface area contributed by atoms with Crippen LogP contribution in [0.3, 0.4) is 0 Å². The summed E-state index contributed by atoms with van der Waals surface area (Å²) in [6, 6.07) is 9.53. The van der Waals surface area contributed by atoms with Gasteiger partial charge in [0.15, 0.2) is 0 Å². The summed E-state index contributed by atoms with van der Waals surface area (Å²) in [7, 11) is 0. The van der Waals surface area contributed by atoms with Crippen LogP contribution in [0.4, 0.5) is 0 Å². The third-order valence-electron chi connectivity index (χ3n) is 3.62. The zero-order valence-corrected chi connectivity index (χ0v) is 12.0. The molecule has 0 fully saturated rings. The molecule has 0 saturated heterocycles. The number of carboxylic acids is 1. The molecule has 1 aliphatic rings. The third-order valence-corrected chi connectivity index (χ3v) is 3.89. The van der Waals surface area contributed by atoms with Crippen LogP contribution >= 0.6 is 11.6 Å². The average molecular weight is 304 g/mol. The van der Waals surface area contributed by atoms with Gasteiger partial charge in [-0.15, -0.1) is 0 Å². The van der Waals surface area contributed by atoms with Crippen LogP contribution in [-0.4, -0.2) is 16.1 Å². The van der Waals surface area contributed by atoms with E-state index in [1.807, 2.05) is 12.1 Å². The van der Waals surface area contributed by atoms with E-state index in [1.165, 1.54) is 17.8 Å². The van der Waals surface area contributed by atoms with Crippen molar-refractivity contribution >= 4 is 17.6 Å². The van der Waals surface area contributed by atoms with E-state index < -0.39 is 5.97 Å². The summed E-state index contributed by atoms with van der Waals surface area (Å²) < 4.78 is 5.91. The van der Waals surface area contributed by atoms with E-state index >= 15 is 0 Å². The highest BCUT2D eigenvalue weighted by Crippen LogP contribution is 2.35. The standard InChI is InChI=1S/C16H14ClNO3/c17-13-8-11(16(19)20)9-18-15(13)21-14-7-3-5-10-4-1-2-6-12(10)14/h1-2,4,6,8-9,14H,3,5,7H2,(H,19,20). The molecule has 1 N–H and O–H groups in total. The highest BCUT2D eigenvalue weighted by atomic mass is 35.5. The normalized spacial score (nSPS) is 17.1. The minimum atomic E-state index is -1.06. The fourth-order valence-corrected chi connectivity index (χ4v) is 2.81. The number of rotatable bonds is 3. The van der Waals surface area contributed by atoms with E-state index in [1.54, 1.807) is 0 Å². The number of carboxylic acid groups (broad SMARTS) is 1. The Labute approximate surface area is 127 Å². The Morgan fingerprint density at radius 1 is 1.38 bits per heavy atom. The van der Waals surface area contributed by atoms with Crippen LogP contribution in [0.5, 0.6) is 5.88 Å². The Hall–Kier alpha value is -2.07. The molecule has 0 aliphatic heterocycles. The molecular formula is C16H14ClNO3. The molecule has 1 aromatic carbocycles. The number of hydrogen-bond donors (Lipinski definition) is 1. The quantitative estimate of drug-likeness (QED) is 0.934. The molecule has 1 atom stereocenters. The lowest BCUT2D eigenvalue weighted by molar-refractivity contribution is 0.0696. The maximum atomic E-state index is 10.9. The number of fused-ring (bicyclic) bond motifs is 1. The molecule has 4 nitrogen and oxygen atoms in total. The maximum absolute atomic E-state index is 10.9. The van der Waals surface area contributed by atoms with Gasteiger partial charge in [-0.3, -0.25) is 0 Å². The Morgan fingerprint density at radius 3 is 2.95 bits per heavy atom. The van der Waals surface area contributed by atoms with Crippen molar-refractivity contribution in [2.75, 3.05) is 0 Å². The lowest BCUT2D eigenvalue weighted by Crippen LogP contribution is -2.16. The fourth-order valence-electron chi connectivity index (χ4n) is 2.60. The van der Waals surface area contributed by atoms with Crippen molar-refractivity contribution in [3.63, 3.8) is 0 Å². The van der Waals surface area contributed by atoms with Crippen LogP contribution in [0.25, 0.3) is 0 Å². The first-order valence-electron chi connectivity index (χ1n) is 6.78. The lowest BCUT2D eigenvalue weighted by Gasteiger charge is -2.26. The zero-order valence-electron chi connectivity index (χ0n) is 11.3. The van der Waals surface area contributed by atoms with Gasteiger partial charge in [-0.25, -0.2) is 9.78 Å². The van der Waals surface area contributed by atoms with E-state index in [2.05, 4.69) is 17.1 Å². The largest absolute Gasteiger partial charge is 0.478 e. The molecule has 2 aromatic rings. The van der Waals surface area contributed by atoms with E-state index in [4.69, 9.17) is 21.4 Å². The Bertz CT molecular complexity index is 687. The van der Waals surface area contributed by atoms with Gasteiger partial charge in [0.25, 0.3) is 0 Å². The molecule has 0 amide bonds. The van der Waals surface area contributed by atoms with E-state index in [9.17, 15) is 4.79 Å². The second kappa shape index (κ2) is 5.74. The summed E-state index contributed by atoms with van der Waals surface area (Å²) in [5, 5.41) is 9.13. The Morgan fingerprint density at radius 2 is 2.19 bits per heavy atom. The molecule has 1 unspecified atom stereocenters. The highest BCUT2D eigenvalue weighted by Gasteiger charge is 2.23. The molecule has 0 saturated carbocycles. The number of hydrogen-bond acceptors (Lipinski definition) is 3. The fraction of sp³-hybridized carbons (Fsp3) is 0.250. The van der Waals surface area contributed by atoms with Gasteiger partial charge in [0.1, 0.15) is 11.1 Å². The summed E-state index contributed by atoms with van der Waals surface area (Å²) in [6.45, 7) is 0. The summed E-state index contributed by atoms with van der Waals surface area (Å²) in [5.41, 5.74) is 2.49. The van der Waals surface area contributed by atoms with Crippen LogP contribution in [0.15, 0.2) is 36.5 Å². The lowest BCUT2D eigenvalue weighted by atomic mass is 9.89. The number of carbonyl (C=O) groups is 1. The predicted octanol–water partition coefficient (Wildman–Crippen LogP) is 3.89. The molecule has 0 bridgehead atoms. The van der Waals surface area contributed by atoms with E-state index in [-0.39, 0.29) is 22.6 Å². The first kappa shape index (κ1) is 13.9. The molecule has 1 aromatic heterocycles. The second-order valence-electron chi connectivity index (χ2n) is 5.01. The molecule has 1 heterocycles. The summed E-state index contributed by atoms with van der Waals surface area (Å²) >= 11 is 6.07. The zero-order chi connectivity index (χ0) is 14.8. The first-order valence-corrected chi connectivity index (χ1v) is 7.16. The van der Waals surface area contributed by atoms with Crippen molar-refractivity contribution in [1.82, 2.24) is 4.98 Å². The molecule has 1 aliphatic carbocycles. The summed E-state index contributed by atoms with van der Waals surface area (Å²) in [4.78, 5) is 14.9. The number of aromatic nitrogens is 1. The topological polar surface area (TPSA) is 59.4 Å². The summed E-state index contributed by atoms with van der Waals surface area (Å²) in [6.07, 6.45) is 4.17.